The van der Waals surface area contributed by atoms with Crippen LogP contribution in [0.25, 0.3) is 0 Å². The molecule has 3 atom stereocenters. The zero-order chi connectivity index (χ0) is 23.5. The van der Waals surface area contributed by atoms with Crippen LogP contribution in [0.4, 0.5) is 0 Å². The number of nitrogens with zero attached hydrogens (tertiary/aromatic N) is 1. The molecular weight excluding hydrogens is 444 g/mol. The minimum Gasteiger partial charge on any atom is -0.352 e. The van der Waals surface area contributed by atoms with Crippen molar-refractivity contribution >= 4 is 10.0 Å². The summed E-state index contributed by atoms with van der Waals surface area (Å²) < 4.78 is 36.7. The highest BCUT2D eigenvalue weighted by Crippen LogP contribution is 2.49. The number of rotatable bonds is 6. The fraction of sp³-hybridized carbons (Fsp3) is 0.357. The van der Waals surface area contributed by atoms with Gasteiger partial charge in [-0.15, -0.1) is 0 Å². The predicted octanol–water partition coefficient (Wildman–Crippen LogP) is 5.21. The normalized spacial score (nSPS) is 24.3. The third-order valence-corrected chi connectivity index (χ3v) is 8.89. The molecule has 2 heterocycles. The van der Waals surface area contributed by atoms with Crippen molar-refractivity contribution in [1.82, 2.24) is 9.62 Å². The van der Waals surface area contributed by atoms with Crippen molar-refractivity contribution in [3.63, 3.8) is 0 Å². The smallest absolute Gasteiger partial charge is 0.245 e. The van der Waals surface area contributed by atoms with Gasteiger partial charge in [-0.25, -0.2) is 8.42 Å². The first kappa shape index (κ1) is 23.2. The Balaban J connectivity index is 1.61. The summed E-state index contributed by atoms with van der Waals surface area (Å²) in [6, 6.07) is 26.6. The van der Waals surface area contributed by atoms with E-state index in [0.29, 0.717) is 17.2 Å². The van der Waals surface area contributed by atoms with Crippen molar-refractivity contribution in [3.05, 3.63) is 102 Å². The van der Waals surface area contributed by atoms with Crippen molar-refractivity contribution in [2.45, 2.75) is 49.5 Å². The van der Waals surface area contributed by atoms with Crippen LogP contribution in [-0.2, 0) is 14.8 Å². The molecule has 5 nitrogen and oxygen atoms in total. The minimum absolute atomic E-state index is 0.312. The molecule has 0 bridgehead atoms. The molecule has 2 saturated heterocycles. The van der Waals surface area contributed by atoms with Crippen LogP contribution in [0.3, 0.4) is 0 Å². The molecule has 2 fully saturated rings. The Morgan fingerprint density at radius 2 is 1.44 bits per heavy atom. The summed E-state index contributed by atoms with van der Waals surface area (Å²) in [5, 5.41) is 3.41. The molecule has 2 aliphatic rings. The van der Waals surface area contributed by atoms with Gasteiger partial charge in [0.05, 0.1) is 10.9 Å². The molecule has 2 aliphatic heterocycles. The molecular formula is C28H32N2O3S. The van der Waals surface area contributed by atoms with E-state index in [1.165, 1.54) is 0 Å². The summed E-state index contributed by atoms with van der Waals surface area (Å²) in [7, 11) is -3.80. The van der Waals surface area contributed by atoms with Gasteiger partial charge >= 0.3 is 0 Å². The van der Waals surface area contributed by atoms with E-state index >= 15 is 0 Å². The highest BCUT2D eigenvalue weighted by atomic mass is 32.2. The number of sulfonamides is 1. The summed E-state index contributed by atoms with van der Waals surface area (Å²) in [6.07, 6.45) is 1.86. The van der Waals surface area contributed by atoms with Crippen LogP contribution >= 0.6 is 0 Å². The lowest BCUT2D eigenvalue weighted by Gasteiger charge is -2.31. The standard InChI is InChI=1S/C28H32N2O3S/c1-21-12-14-25(15-13-21)34(31,32)30-26(20-22-16-18-29-19-17-22)33-28(24-10-6-3-7-11-24)27(30)23-8-4-2-5-9-23/h2-15,22,26-29H,16-20H2,1H3/t26-,27-,28+/m0/s1. The molecule has 6 heteroatoms. The number of nitrogens with one attached hydrogen (secondary N) is 1. The lowest BCUT2D eigenvalue weighted by atomic mass is 9.93. The summed E-state index contributed by atoms with van der Waals surface area (Å²) in [5.74, 6) is 0.424. The van der Waals surface area contributed by atoms with Gasteiger partial charge in [0, 0.05) is 0 Å². The van der Waals surface area contributed by atoms with Crippen molar-refractivity contribution in [2.75, 3.05) is 13.1 Å². The molecule has 3 aromatic rings. The van der Waals surface area contributed by atoms with Crippen molar-refractivity contribution in [2.24, 2.45) is 5.92 Å². The van der Waals surface area contributed by atoms with Gasteiger partial charge in [-0.1, -0.05) is 78.4 Å². The number of benzene rings is 3. The van der Waals surface area contributed by atoms with Crippen molar-refractivity contribution in [3.8, 4) is 0 Å². The molecule has 34 heavy (non-hydrogen) atoms. The summed E-state index contributed by atoms with van der Waals surface area (Å²) in [4.78, 5) is 0.312. The highest BCUT2D eigenvalue weighted by Gasteiger charge is 2.50. The Hall–Kier alpha value is -2.51. The van der Waals surface area contributed by atoms with Crippen molar-refractivity contribution in [1.29, 1.82) is 0 Å². The maximum absolute atomic E-state index is 14.2. The van der Waals surface area contributed by atoms with Gasteiger partial charge in [0.15, 0.2) is 0 Å². The van der Waals surface area contributed by atoms with E-state index in [1.807, 2.05) is 79.7 Å². The van der Waals surface area contributed by atoms with Gasteiger partial charge in [-0.2, -0.15) is 4.31 Å². The summed E-state index contributed by atoms with van der Waals surface area (Å²) >= 11 is 0. The maximum Gasteiger partial charge on any atom is 0.245 e. The second kappa shape index (κ2) is 10.0. The van der Waals surface area contributed by atoms with E-state index in [-0.39, 0.29) is 6.10 Å². The fourth-order valence-corrected chi connectivity index (χ4v) is 6.89. The molecule has 178 valence electrons. The van der Waals surface area contributed by atoms with Gasteiger partial charge in [0.2, 0.25) is 10.0 Å². The van der Waals surface area contributed by atoms with Gasteiger partial charge in [-0.3, -0.25) is 0 Å². The number of hydrogen-bond donors (Lipinski definition) is 1. The minimum atomic E-state index is -3.80. The SMILES string of the molecule is Cc1ccc(S(=O)(=O)N2[C@H](CC3CCNCC3)O[C@H](c3ccccc3)[C@@H]2c2ccccc2)cc1. The van der Waals surface area contributed by atoms with Gasteiger partial charge in [0.25, 0.3) is 0 Å². The molecule has 0 aromatic heterocycles. The first-order valence-corrected chi connectivity index (χ1v) is 13.5. The van der Waals surface area contributed by atoms with E-state index in [2.05, 4.69) is 5.32 Å². The largest absolute Gasteiger partial charge is 0.352 e. The van der Waals surface area contributed by atoms with Crippen LogP contribution < -0.4 is 5.32 Å². The zero-order valence-corrected chi connectivity index (χ0v) is 20.3. The molecule has 0 saturated carbocycles. The summed E-state index contributed by atoms with van der Waals surface area (Å²) in [6.45, 7) is 3.89. The quantitative estimate of drug-likeness (QED) is 0.530. The molecule has 0 spiro atoms. The Labute approximate surface area is 202 Å². The lowest BCUT2D eigenvalue weighted by molar-refractivity contribution is 0.00219. The number of ether oxygens (including phenoxy) is 1. The van der Waals surface area contributed by atoms with E-state index in [9.17, 15) is 8.42 Å². The molecule has 3 aromatic carbocycles. The zero-order valence-electron chi connectivity index (χ0n) is 19.5. The van der Waals surface area contributed by atoms with Gasteiger partial charge in [-0.05, 0) is 68.5 Å². The summed E-state index contributed by atoms with van der Waals surface area (Å²) in [5.41, 5.74) is 2.97. The van der Waals surface area contributed by atoms with E-state index in [0.717, 1.165) is 42.6 Å². The third kappa shape index (κ3) is 4.68. The Morgan fingerprint density at radius 3 is 2.06 bits per heavy atom. The van der Waals surface area contributed by atoms with E-state index in [4.69, 9.17) is 4.74 Å². The molecule has 0 amide bonds. The van der Waals surface area contributed by atoms with E-state index in [1.54, 1.807) is 16.4 Å². The van der Waals surface area contributed by atoms with Crippen LogP contribution in [0.1, 0.15) is 48.1 Å². The molecule has 0 unspecified atom stereocenters. The Bertz CT molecular complexity index is 1180. The second-order valence-electron chi connectivity index (χ2n) is 9.35. The number of hydrogen-bond acceptors (Lipinski definition) is 4. The third-order valence-electron chi connectivity index (χ3n) is 7.01. The molecule has 1 N–H and O–H groups in total. The van der Waals surface area contributed by atoms with E-state index < -0.39 is 22.3 Å². The average Bonchev–Trinajstić information content (AvgIpc) is 3.26. The van der Waals surface area contributed by atoms with Gasteiger partial charge < -0.3 is 10.1 Å². The topological polar surface area (TPSA) is 58.6 Å². The predicted molar refractivity (Wildman–Crippen MR) is 134 cm³/mol. The lowest BCUT2D eigenvalue weighted by Crippen LogP contribution is -2.40. The monoisotopic (exact) mass is 476 g/mol. The molecule has 0 aliphatic carbocycles. The Kier molecular flexibility index (Phi) is 6.84. The molecule has 0 radical (unpaired) electrons. The highest BCUT2D eigenvalue weighted by molar-refractivity contribution is 7.89. The van der Waals surface area contributed by atoms with Crippen molar-refractivity contribution < 1.29 is 13.2 Å². The maximum atomic E-state index is 14.2. The van der Waals surface area contributed by atoms with Crippen LogP contribution in [0, 0.1) is 12.8 Å². The van der Waals surface area contributed by atoms with Crippen LogP contribution in [0.5, 0.6) is 0 Å². The first-order chi connectivity index (χ1) is 16.5. The molecule has 5 rings (SSSR count). The van der Waals surface area contributed by atoms with Crippen LogP contribution in [-0.4, -0.2) is 32.0 Å². The second-order valence-corrected chi connectivity index (χ2v) is 11.2. The average molecular weight is 477 g/mol. The van der Waals surface area contributed by atoms with Crippen LogP contribution in [0.2, 0.25) is 0 Å². The number of aryl methyl sites for hydroxylation is 1. The van der Waals surface area contributed by atoms with Gasteiger partial charge in [0.1, 0.15) is 12.3 Å². The first-order valence-electron chi connectivity index (χ1n) is 12.1. The number of piperidine rings is 1. The van der Waals surface area contributed by atoms with Crippen LogP contribution in [0.15, 0.2) is 89.8 Å². The Morgan fingerprint density at radius 1 is 0.853 bits per heavy atom. The fourth-order valence-electron chi connectivity index (χ4n) is 5.19.